The van der Waals surface area contributed by atoms with Gasteiger partial charge in [0.15, 0.2) is 16.1 Å². The molecule has 1 fully saturated rings. The van der Waals surface area contributed by atoms with Crippen molar-refractivity contribution in [2.24, 2.45) is 0 Å². The molecule has 0 spiro atoms. The van der Waals surface area contributed by atoms with Crippen LogP contribution in [0.25, 0.3) is 22.3 Å². The van der Waals surface area contributed by atoms with Gasteiger partial charge in [-0.3, -0.25) is 14.9 Å². The van der Waals surface area contributed by atoms with Gasteiger partial charge in [0.25, 0.3) is 5.91 Å². The van der Waals surface area contributed by atoms with Gasteiger partial charge in [0.2, 0.25) is 0 Å². The Hall–Kier alpha value is -3.49. The summed E-state index contributed by atoms with van der Waals surface area (Å²) in [6.45, 7) is 3.00. The maximum absolute atomic E-state index is 12.8. The van der Waals surface area contributed by atoms with Crippen LogP contribution in [0, 0.1) is 0 Å². The predicted molar refractivity (Wildman–Crippen MR) is 121 cm³/mol. The number of ether oxygens (including phenoxy) is 1. The highest BCUT2D eigenvalue weighted by molar-refractivity contribution is 7.13. The fourth-order valence-corrected chi connectivity index (χ4v) is 4.15. The first-order chi connectivity index (χ1) is 15.2. The van der Waals surface area contributed by atoms with Crippen molar-refractivity contribution in [3.63, 3.8) is 0 Å². The molecule has 0 bridgehead atoms. The van der Waals surface area contributed by atoms with Gasteiger partial charge in [0.1, 0.15) is 5.76 Å². The van der Waals surface area contributed by atoms with Crippen LogP contribution >= 0.6 is 11.3 Å². The second-order valence-corrected chi connectivity index (χ2v) is 7.99. The average Bonchev–Trinajstić information content (AvgIpc) is 3.32. The van der Waals surface area contributed by atoms with Gasteiger partial charge in [-0.25, -0.2) is 4.98 Å². The molecule has 8 heteroatoms. The highest BCUT2D eigenvalue weighted by Gasteiger charge is 2.17. The molecular formula is C23H19N3O4S. The van der Waals surface area contributed by atoms with E-state index in [1.807, 2.05) is 24.3 Å². The first-order valence-corrected chi connectivity index (χ1v) is 10.8. The molecular weight excluding hydrogens is 414 g/mol. The molecule has 156 valence electrons. The second kappa shape index (κ2) is 8.33. The van der Waals surface area contributed by atoms with Crippen LogP contribution in [0.5, 0.6) is 0 Å². The molecule has 3 heterocycles. The van der Waals surface area contributed by atoms with Crippen LogP contribution in [-0.4, -0.2) is 37.2 Å². The Kier molecular flexibility index (Phi) is 5.23. The molecule has 5 rings (SSSR count). The van der Waals surface area contributed by atoms with Crippen LogP contribution in [0.2, 0.25) is 0 Å². The summed E-state index contributed by atoms with van der Waals surface area (Å²) < 4.78 is 11.6. The lowest BCUT2D eigenvalue weighted by Gasteiger charge is -2.29. The Morgan fingerprint density at radius 1 is 1.10 bits per heavy atom. The Balaban J connectivity index is 1.56. The summed E-state index contributed by atoms with van der Waals surface area (Å²) in [6, 6.07) is 14.3. The van der Waals surface area contributed by atoms with E-state index in [9.17, 15) is 9.59 Å². The number of rotatable bonds is 4. The SMILES string of the molecule is O=C(Nc1nccs1)c1cccc2c(=O)cc(-c3cccc(N4CCOCC4)c3)oc12. The monoisotopic (exact) mass is 433 g/mol. The molecule has 0 unspecified atom stereocenters. The van der Waals surface area contributed by atoms with Gasteiger partial charge in [-0.1, -0.05) is 18.2 Å². The van der Waals surface area contributed by atoms with Crippen molar-refractivity contribution in [2.75, 3.05) is 36.5 Å². The molecule has 1 aliphatic heterocycles. The Bertz CT molecular complexity index is 1290. The number of nitrogens with zero attached hydrogens (tertiary/aromatic N) is 2. The van der Waals surface area contributed by atoms with E-state index in [-0.39, 0.29) is 22.5 Å². The zero-order valence-corrected chi connectivity index (χ0v) is 17.4. The van der Waals surface area contributed by atoms with Crippen molar-refractivity contribution < 1.29 is 13.9 Å². The molecule has 2 aromatic carbocycles. The number of hydrogen-bond donors (Lipinski definition) is 1. The van der Waals surface area contributed by atoms with Crippen molar-refractivity contribution in [3.8, 4) is 11.3 Å². The van der Waals surface area contributed by atoms with E-state index >= 15 is 0 Å². The Morgan fingerprint density at radius 2 is 1.94 bits per heavy atom. The summed E-state index contributed by atoms with van der Waals surface area (Å²) in [5.74, 6) is 0.0463. The van der Waals surface area contributed by atoms with Crippen LogP contribution in [0.3, 0.4) is 0 Å². The number of carbonyl (C=O) groups excluding carboxylic acids is 1. The van der Waals surface area contributed by atoms with E-state index in [1.165, 1.54) is 17.4 Å². The number of anilines is 2. The van der Waals surface area contributed by atoms with E-state index < -0.39 is 0 Å². The van der Waals surface area contributed by atoms with E-state index in [4.69, 9.17) is 9.15 Å². The summed E-state index contributed by atoms with van der Waals surface area (Å²) in [5, 5.41) is 5.37. The lowest BCUT2D eigenvalue weighted by Crippen LogP contribution is -2.36. The lowest BCUT2D eigenvalue weighted by atomic mass is 10.1. The zero-order chi connectivity index (χ0) is 21.2. The van der Waals surface area contributed by atoms with E-state index in [0.29, 0.717) is 29.5 Å². The third-order valence-corrected chi connectivity index (χ3v) is 5.85. The predicted octanol–water partition coefficient (Wildman–Crippen LogP) is 4.01. The van der Waals surface area contributed by atoms with Crippen LogP contribution in [-0.2, 0) is 4.74 Å². The summed E-state index contributed by atoms with van der Waals surface area (Å²) >= 11 is 1.32. The largest absolute Gasteiger partial charge is 0.455 e. The summed E-state index contributed by atoms with van der Waals surface area (Å²) in [4.78, 5) is 32.0. The van der Waals surface area contributed by atoms with Crippen LogP contribution in [0.1, 0.15) is 10.4 Å². The van der Waals surface area contributed by atoms with Gasteiger partial charge in [0.05, 0.1) is 24.2 Å². The van der Waals surface area contributed by atoms with Crippen molar-refractivity contribution in [1.82, 2.24) is 4.98 Å². The quantitative estimate of drug-likeness (QED) is 0.524. The van der Waals surface area contributed by atoms with Gasteiger partial charge >= 0.3 is 0 Å². The molecule has 1 amide bonds. The molecule has 0 atom stereocenters. The number of carbonyl (C=O) groups is 1. The molecule has 2 aromatic heterocycles. The molecule has 1 aliphatic rings. The molecule has 0 saturated carbocycles. The zero-order valence-electron chi connectivity index (χ0n) is 16.5. The van der Waals surface area contributed by atoms with Gasteiger partial charge in [-0.05, 0) is 24.3 Å². The average molecular weight is 433 g/mol. The molecule has 4 aromatic rings. The van der Waals surface area contributed by atoms with Crippen molar-refractivity contribution in [2.45, 2.75) is 0 Å². The number of hydrogen-bond acceptors (Lipinski definition) is 7. The Morgan fingerprint density at radius 3 is 2.74 bits per heavy atom. The molecule has 0 aliphatic carbocycles. The summed E-state index contributed by atoms with van der Waals surface area (Å²) in [5.41, 5.74) is 2.17. The first-order valence-electron chi connectivity index (χ1n) is 9.90. The lowest BCUT2D eigenvalue weighted by molar-refractivity contribution is 0.102. The van der Waals surface area contributed by atoms with E-state index in [0.717, 1.165) is 24.3 Å². The summed E-state index contributed by atoms with van der Waals surface area (Å²) in [6.07, 6.45) is 1.61. The van der Waals surface area contributed by atoms with Crippen molar-refractivity contribution in [3.05, 3.63) is 75.9 Å². The Labute approximate surface area is 181 Å². The third-order valence-electron chi connectivity index (χ3n) is 5.16. The highest BCUT2D eigenvalue weighted by atomic mass is 32.1. The van der Waals surface area contributed by atoms with Gasteiger partial charge in [0, 0.05) is 42.0 Å². The molecule has 0 radical (unpaired) electrons. The second-order valence-electron chi connectivity index (χ2n) is 7.10. The standard InChI is InChI=1S/C23H19N3O4S/c27-19-14-20(15-3-1-4-16(13-15)26-8-10-29-11-9-26)30-21-17(19)5-2-6-18(21)22(28)25-23-24-7-12-31-23/h1-7,12-14H,8-11H2,(H,24,25,28). The maximum atomic E-state index is 12.8. The fourth-order valence-electron chi connectivity index (χ4n) is 3.63. The number of nitrogens with one attached hydrogen (secondary N) is 1. The fraction of sp³-hybridized carbons (Fsp3) is 0.174. The van der Waals surface area contributed by atoms with E-state index in [2.05, 4.69) is 15.2 Å². The number of morpholine rings is 1. The van der Waals surface area contributed by atoms with Crippen LogP contribution < -0.4 is 15.6 Å². The number of amides is 1. The molecule has 31 heavy (non-hydrogen) atoms. The molecule has 7 nitrogen and oxygen atoms in total. The van der Waals surface area contributed by atoms with Crippen LogP contribution in [0.4, 0.5) is 10.8 Å². The normalized spacial score (nSPS) is 14.0. The van der Waals surface area contributed by atoms with E-state index in [1.54, 1.807) is 29.8 Å². The van der Waals surface area contributed by atoms with Crippen molar-refractivity contribution >= 4 is 39.0 Å². The minimum atomic E-state index is -0.372. The molecule has 1 saturated heterocycles. The minimum absolute atomic E-state index is 0.197. The number of fused-ring (bicyclic) bond motifs is 1. The minimum Gasteiger partial charge on any atom is -0.455 e. The van der Waals surface area contributed by atoms with Gasteiger partial charge < -0.3 is 14.1 Å². The topological polar surface area (TPSA) is 84.7 Å². The number of thiazole rings is 1. The van der Waals surface area contributed by atoms with Crippen LogP contribution in [0.15, 0.2) is 69.3 Å². The van der Waals surface area contributed by atoms with Gasteiger partial charge in [-0.15, -0.1) is 11.3 Å². The number of para-hydroxylation sites is 1. The van der Waals surface area contributed by atoms with Crippen molar-refractivity contribution in [1.29, 1.82) is 0 Å². The highest BCUT2D eigenvalue weighted by Crippen LogP contribution is 2.28. The first kappa shape index (κ1) is 19.5. The number of benzene rings is 2. The van der Waals surface area contributed by atoms with Gasteiger partial charge in [-0.2, -0.15) is 0 Å². The maximum Gasteiger partial charge on any atom is 0.261 e. The number of aromatic nitrogens is 1. The third kappa shape index (κ3) is 3.95. The smallest absolute Gasteiger partial charge is 0.261 e. The molecule has 1 N–H and O–H groups in total. The summed E-state index contributed by atoms with van der Waals surface area (Å²) in [7, 11) is 0.